The standard InChI is InChI=1S/C73H69BN2S/c1-13-73(11,12)48-30-34-52(35-31-48)75-63-26-19-27-64-67(63)74(69-68(75)60-44-51(72(8,9)10)33-39-66(60)77-69)61-37-29-46(45-20-18-21-49(40-45)70(2,3)4)42-65(61)76(64)62-38-32-50(71(5,6)7)43-58(62)47-28-36-57-55-24-15-14-22-53(55)54-23-16-17-25-56(54)59(57)41-47/h14-44H,13H2,1-12H3. The van der Waals surface area contributed by atoms with Crippen LogP contribution >= 0.6 is 11.3 Å². The molecule has 77 heavy (non-hydrogen) atoms. The summed E-state index contributed by atoms with van der Waals surface area (Å²) in [5.74, 6) is 0. The van der Waals surface area contributed by atoms with Gasteiger partial charge in [-0.1, -0.05) is 210 Å². The van der Waals surface area contributed by atoms with Gasteiger partial charge < -0.3 is 9.80 Å². The topological polar surface area (TPSA) is 6.48 Å². The van der Waals surface area contributed by atoms with E-state index in [2.05, 4.69) is 281 Å². The maximum atomic E-state index is 2.65. The summed E-state index contributed by atoms with van der Waals surface area (Å²) < 4.78 is 2.71. The first kappa shape index (κ1) is 49.2. The van der Waals surface area contributed by atoms with Crippen LogP contribution in [0.4, 0.5) is 34.1 Å². The predicted molar refractivity (Wildman–Crippen MR) is 339 cm³/mol. The fourth-order valence-corrected chi connectivity index (χ4v) is 13.8. The van der Waals surface area contributed by atoms with Crippen LogP contribution in [-0.4, -0.2) is 6.71 Å². The van der Waals surface area contributed by atoms with E-state index in [0.29, 0.717) is 0 Å². The van der Waals surface area contributed by atoms with Gasteiger partial charge in [0.1, 0.15) is 0 Å². The van der Waals surface area contributed by atoms with Gasteiger partial charge in [0.15, 0.2) is 0 Å². The molecule has 0 saturated carbocycles. The second-order valence-electron chi connectivity index (χ2n) is 25.8. The molecule has 3 heterocycles. The van der Waals surface area contributed by atoms with Gasteiger partial charge >= 0.3 is 0 Å². The Kier molecular flexibility index (Phi) is 11.2. The van der Waals surface area contributed by atoms with E-state index in [4.69, 9.17) is 0 Å². The first-order valence-electron chi connectivity index (χ1n) is 27.9. The lowest BCUT2D eigenvalue weighted by atomic mass is 9.36. The molecular formula is C73H69BN2S. The smallest absolute Gasteiger partial charge is 0.264 e. The average molecular weight is 1020 g/mol. The molecule has 380 valence electrons. The molecule has 0 N–H and O–H groups in total. The Bertz CT molecular complexity index is 4160. The van der Waals surface area contributed by atoms with E-state index in [9.17, 15) is 0 Å². The minimum atomic E-state index is -0.0814. The van der Waals surface area contributed by atoms with Gasteiger partial charge in [-0.3, -0.25) is 0 Å². The highest BCUT2D eigenvalue weighted by atomic mass is 32.1. The Morgan fingerprint density at radius 2 is 0.935 bits per heavy atom. The summed E-state index contributed by atoms with van der Waals surface area (Å²) in [7, 11) is 0. The lowest BCUT2D eigenvalue weighted by Gasteiger charge is -2.43. The highest BCUT2D eigenvalue weighted by Gasteiger charge is 2.46. The zero-order valence-corrected chi connectivity index (χ0v) is 47.8. The summed E-state index contributed by atoms with van der Waals surface area (Å²) in [6.07, 6.45) is 1.07. The van der Waals surface area contributed by atoms with Crippen LogP contribution in [0.3, 0.4) is 0 Å². The summed E-state index contributed by atoms with van der Waals surface area (Å²) in [5.41, 5.74) is 20.2. The molecule has 0 unspecified atom stereocenters. The van der Waals surface area contributed by atoms with Crippen LogP contribution in [0.2, 0.25) is 0 Å². The largest absolute Gasteiger partial charge is 0.311 e. The van der Waals surface area contributed by atoms with Crippen LogP contribution in [0.5, 0.6) is 0 Å². The quantitative estimate of drug-likeness (QED) is 0.121. The van der Waals surface area contributed by atoms with Crippen LogP contribution in [-0.2, 0) is 21.7 Å². The normalized spacial score (nSPS) is 13.7. The Balaban J connectivity index is 1.12. The van der Waals surface area contributed by atoms with E-state index < -0.39 is 0 Å². The van der Waals surface area contributed by atoms with Crippen LogP contribution in [0.15, 0.2) is 188 Å². The summed E-state index contributed by atoms with van der Waals surface area (Å²) in [6, 6.07) is 73.0. The van der Waals surface area contributed by atoms with E-state index in [-0.39, 0.29) is 28.4 Å². The SMILES string of the molecule is CCC(C)(C)c1ccc(N2c3cccc4c3B(c3ccc(-c5cccc(C(C)(C)C)c5)cc3N4c3ccc(C(C)(C)C)cc3-c3ccc4c5ccccc5c5ccccc5c4c3)c3sc4ccc(C(C)(C)C)cc4c32)cc1. The van der Waals surface area contributed by atoms with E-state index in [1.165, 1.54) is 137 Å². The van der Waals surface area contributed by atoms with Crippen molar-refractivity contribution in [2.75, 3.05) is 9.80 Å². The molecule has 0 spiro atoms. The molecule has 0 bridgehead atoms. The predicted octanol–water partition coefficient (Wildman–Crippen LogP) is 19.4. The Morgan fingerprint density at radius 3 is 1.58 bits per heavy atom. The second kappa shape index (κ2) is 17.6. The molecule has 2 nitrogen and oxygen atoms in total. The van der Waals surface area contributed by atoms with Crippen molar-refractivity contribution in [1.29, 1.82) is 0 Å². The zero-order chi connectivity index (χ0) is 53.5. The zero-order valence-electron chi connectivity index (χ0n) is 47.0. The van der Waals surface area contributed by atoms with Gasteiger partial charge in [0, 0.05) is 43.2 Å². The molecule has 0 saturated heterocycles. The molecule has 2 aliphatic heterocycles. The van der Waals surface area contributed by atoms with Crippen molar-refractivity contribution in [2.24, 2.45) is 0 Å². The number of anilines is 6. The second-order valence-corrected chi connectivity index (χ2v) is 26.9. The van der Waals surface area contributed by atoms with Crippen molar-refractivity contribution in [1.82, 2.24) is 0 Å². The third-order valence-corrected chi connectivity index (χ3v) is 18.7. The molecule has 1 aromatic heterocycles. The summed E-state index contributed by atoms with van der Waals surface area (Å²) in [4.78, 5) is 5.27. The summed E-state index contributed by atoms with van der Waals surface area (Å²) in [5, 5.41) is 9.02. The molecule has 0 amide bonds. The number of rotatable bonds is 6. The fraction of sp³-hybridized carbons (Fsp3) is 0.233. The van der Waals surface area contributed by atoms with E-state index in [1.807, 2.05) is 11.3 Å². The third-order valence-electron chi connectivity index (χ3n) is 17.5. The highest BCUT2D eigenvalue weighted by molar-refractivity contribution is 7.33. The fourth-order valence-electron chi connectivity index (χ4n) is 12.5. The van der Waals surface area contributed by atoms with Crippen molar-refractivity contribution >= 4 is 110 Å². The molecule has 0 radical (unpaired) electrons. The summed E-state index contributed by atoms with van der Waals surface area (Å²) in [6.45, 7) is 28.0. The van der Waals surface area contributed by atoms with Gasteiger partial charge in [0.25, 0.3) is 6.71 Å². The van der Waals surface area contributed by atoms with Gasteiger partial charge in [-0.15, -0.1) is 11.3 Å². The van der Waals surface area contributed by atoms with E-state index in [1.54, 1.807) is 0 Å². The van der Waals surface area contributed by atoms with Crippen molar-refractivity contribution in [3.63, 3.8) is 0 Å². The molecule has 11 aromatic rings. The van der Waals surface area contributed by atoms with Crippen molar-refractivity contribution in [2.45, 2.75) is 111 Å². The Morgan fingerprint density at radius 1 is 0.390 bits per heavy atom. The number of hydrogen-bond acceptors (Lipinski definition) is 3. The molecule has 10 aromatic carbocycles. The van der Waals surface area contributed by atoms with E-state index >= 15 is 0 Å². The van der Waals surface area contributed by atoms with Gasteiger partial charge in [0.2, 0.25) is 0 Å². The molecule has 4 heteroatoms. The van der Waals surface area contributed by atoms with Gasteiger partial charge in [0.05, 0.1) is 11.4 Å². The monoisotopic (exact) mass is 1020 g/mol. The van der Waals surface area contributed by atoms with E-state index in [0.717, 1.165) is 6.42 Å². The average Bonchev–Trinajstić information content (AvgIpc) is 4.03. The number of nitrogens with zero attached hydrogens (tertiary/aromatic N) is 2. The Hall–Kier alpha value is -7.40. The number of fused-ring (bicyclic) bond motifs is 12. The third kappa shape index (κ3) is 7.95. The van der Waals surface area contributed by atoms with Crippen molar-refractivity contribution < 1.29 is 0 Å². The first-order valence-corrected chi connectivity index (χ1v) is 28.7. The number of hydrogen-bond donors (Lipinski definition) is 0. The van der Waals surface area contributed by atoms with Crippen molar-refractivity contribution in [3.05, 3.63) is 210 Å². The van der Waals surface area contributed by atoms with Crippen LogP contribution in [0.25, 0.3) is 64.7 Å². The minimum absolute atomic E-state index is 0.0000527. The minimum Gasteiger partial charge on any atom is -0.311 e. The summed E-state index contributed by atoms with van der Waals surface area (Å²) >= 11 is 1.98. The van der Waals surface area contributed by atoms with Crippen molar-refractivity contribution in [3.8, 4) is 22.3 Å². The first-order chi connectivity index (χ1) is 36.8. The maximum Gasteiger partial charge on any atom is 0.264 e. The Labute approximate surface area is 461 Å². The molecule has 0 atom stereocenters. The molecule has 0 fully saturated rings. The van der Waals surface area contributed by atoms with Gasteiger partial charge in [-0.2, -0.15) is 0 Å². The molecule has 0 aliphatic carbocycles. The maximum absolute atomic E-state index is 2.65. The lowest BCUT2D eigenvalue weighted by molar-refractivity contribution is 0.506. The van der Waals surface area contributed by atoms with Gasteiger partial charge in [-0.25, -0.2) is 0 Å². The molecular weight excluding hydrogens is 948 g/mol. The number of thiophene rings is 1. The van der Waals surface area contributed by atoms with Gasteiger partial charge in [-0.05, 0) is 171 Å². The van der Waals surface area contributed by atoms with Crippen LogP contribution in [0.1, 0.15) is 112 Å². The highest BCUT2D eigenvalue weighted by Crippen LogP contribution is 2.51. The lowest BCUT2D eigenvalue weighted by Crippen LogP contribution is -2.60. The number of benzene rings is 10. The molecule has 13 rings (SSSR count). The molecule has 2 aliphatic rings. The van der Waals surface area contributed by atoms with Crippen LogP contribution < -0.4 is 25.5 Å². The van der Waals surface area contributed by atoms with Crippen LogP contribution in [0, 0.1) is 0 Å².